The Balaban J connectivity index is 2.23. The summed E-state index contributed by atoms with van der Waals surface area (Å²) in [6.07, 6.45) is 0. The second-order valence-electron chi connectivity index (χ2n) is 4.69. The van der Waals surface area contributed by atoms with Crippen molar-refractivity contribution in [3.8, 4) is 5.75 Å². The summed E-state index contributed by atoms with van der Waals surface area (Å²) in [5, 5.41) is 11.0. The molecule has 0 amide bonds. The number of halogens is 2. The number of nitrogens with zero attached hydrogens (tertiary/aromatic N) is 1. The normalized spacial score (nSPS) is 10.5. The summed E-state index contributed by atoms with van der Waals surface area (Å²) in [5.74, 6) is 0.108. The monoisotopic (exact) mass is 353 g/mol. The van der Waals surface area contributed by atoms with E-state index in [-0.39, 0.29) is 18.1 Å². The van der Waals surface area contributed by atoms with Crippen LogP contribution in [0.5, 0.6) is 5.75 Å². The molecular formula is C15H13BrFNO3. The van der Waals surface area contributed by atoms with Gasteiger partial charge >= 0.3 is 0 Å². The molecule has 4 nitrogen and oxygen atoms in total. The van der Waals surface area contributed by atoms with Crippen LogP contribution in [-0.4, -0.2) is 4.92 Å². The standard InChI is InChI=1S/C15H13BrFNO3/c1-9-5-10(2)15(7-14(9)18(19)20)21-8-11-3-4-12(17)6-13(11)16/h3-7H,8H2,1-2H3. The minimum atomic E-state index is -0.435. The van der Waals surface area contributed by atoms with Gasteiger partial charge in [0.1, 0.15) is 18.2 Å². The minimum Gasteiger partial charge on any atom is -0.488 e. The first-order valence-corrected chi connectivity index (χ1v) is 7.00. The maximum atomic E-state index is 13.0. The molecule has 0 aromatic heterocycles. The first-order valence-electron chi connectivity index (χ1n) is 6.21. The van der Waals surface area contributed by atoms with Gasteiger partial charge in [-0.05, 0) is 37.6 Å². The number of hydrogen-bond acceptors (Lipinski definition) is 3. The van der Waals surface area contributed by atoms with Crippen molar-refractivity contribution in [3.63, 3.8) is 0 Å². The largest absolute Gasteiger partial charge is 0.488 e. The van der Waals surface area contributed by atoms with E-state index in [2.05, 4.69) is 15.9 Å². The molecule has 0 aliphatic carbocycles. The average molecular weight is 354 g/mol. The van der Waals surface area contributed by atoms with E-state index >= 15 is 0 Å². The van der Waals surface area contributed by atoms with Gasteiger partial charge in [-0.1, -0.05) is 22.0 Å². The maximum absolute atomic E-state index is 13.0. The molecule has 6 heteroatoms. The van der Waals surface area contributed by atoms with Crippen LogP contribution in [0.3, 0.4) is 0 Å². The van der Waals surface area contributed by atoms with E-state index in [0.717, 1.165) is 11.1 Å². The second-order valence-corrected chi connectivity index (χ2v) is 5.54. The first kappa shape index (κ1) is 15.4. The van der Waals surface area contributed by atoms with Gasteiger partial charge in [0.05, 0.1) is 11.0 Å². The van der Waals surface area contributed by atoms with Crippen LogP contribution < -0.4 is 4.74 Å². The highest BCUT2D eigenvalue weighted by atomic mass is 79.9. The first-order chi connectivity index (χ1) is 9.88. The quantitative estimate of drug-likeness (QED) is 0.591. The number of nitro benzene ring substituents is 1. The number of benzene rings is 2. The third-order valence-corrected chi connectivity index (χ3v) is 3.83. The zero-order valence-corrected chi connectivity index (χ0v) is 13.1. The summed E-state index contributed by atoms with van der Waals surface area (Å²) in [5.41, 5.74) is 2.19. The zero-order chi connectivity index (χ0) is 15.6. The molecule has 0 N–H and O–H groups in total. The molecule has 2 aromatic rings. The molecule has 0 aliphatic heterocycles. The van der Waals surface area contributed by atoms with Gasteiger partial charge in [-0.3, -0.25) is 10.1 Å². The van der Waals surface area contributed by atoms with Crippen LogP contribution in [0.2, 0.25) is 0 Å². The Morgan fingerprint density at radius 2 is 1.95 bits per heavy atom. The fourth-order valence-corrected chi connectivity index (χ4v) is 2.43. The Morgan fingerprint density at radius 3 is 2.57 bits per heavy atom. The highest BCUT2D eigenvalue weighted by Gasteiger charge is 2.14. The molecule has 0 heterocycles. The predicted octanol–water partition coefficient (Wildman–Crippen LogP) is 4.69. The van der Waals surface area contributed by atoms with Gasteiger partial charge in [-0.15, -0.1) is 0 Å². The van der Waals surface area contributed by atoms with E-state index in [9.17, 15) is 14.5 Å². The van der Waals surface area contributed by atoms with E-state index in [4.69, 9.17) is 4.74 Å². The Labute approximate surface area is 129 Å². The number of hydrogen-bond donors (Lipinski definition) is 0. The molecule has 0 bridgehead atoms. The third-order valence-electron chi connectivity index (χ3n) is 3.09. The molecule has 0 fully saturated rings. The van der Waals surface area contributed by atoms with Gasteiger partial charge in [0.2, 0.25) is 0 Å². The molecule has 110 valence electrons. The van der Waals surface area contributed by atoms with Crippen LogP contribution in [0.4, 0.5) is 10.1 Å². The second kappa shape index (κ2) is 6.22. The lowest BCUT2D eigenvalue weighted by Gasteiger charge is -2.11. The molecule has 2 rings (SSSR count). The molecule has 0 aliphatic rings. The number of nitro groups is 1. The highest BCUT2D eigenvalue weighted by Crippen LogP contribution is 2.29. The lowest BCUT2D eigenvalue weighted by atomic mass is 10.1. The third kappa shape index (κ3) is 3.58. The van der Waals surface area contributed by atoms with Crippen molar-refractivity contribution in [2.24, 2.45) is 0 Å². The van der Waals surface area contributed by atoms with Gasteiger partial charge in [0.15, 0.2) is 0 Å². The van der Waals surface area contributed by atoms with Crippen molar-refractivity contribution in [2.75, 3.05) is 0 Å². The van der Waals surface area contributed by atoms with E-state index in [0.29, 0.717) is 15.8 Å². The van der Waals surface area contributed by atoms with E-state index < -0.39 is 4.92 Å². The molecular weight excluding hydrogens is 341 g/mol. The Morgan fingerprint density at radius 1 is 1.24 bits per heavy atom. The minimum absolute atomic E-state index is 0.0220. The van der Waals surface area contributed by atoms with Crippen molar-refractivity contribution in [1.82, 2.24) is 0 Å². The lowest BCUT2D eigenvalue weighted by Crippen LogP contribution is -2.00. The lowest BCUT2D eigenvalue weighted by molar-refractivity contribution is -0.385. The number of ether oxygens (including phenoxy) is 1. The zero-order valence-electron chi connectivity index (χ0n) is 11.5. The highest BCUT2D eigenvalue weighted by molar-refractivity contribution is 9.10. The van der Waals surface area contributed by atoms with Crippen molar-refractivity contribution < 1.29 is 14.1 Å². The fraction of sp³-hybridized carbons (Fsp3) is 0.200. The molecule has 2 aromatic carbocycles. The molecule has 0 unspecified atom stereocenters. The van der Waals surface area contributed by atoms with Crippen LogP contribution in [0.15, 0.2) is 34.8 Å². The van der Waals surface area contributed by atoms with Crippen molar-refractivity contribution in [1.29, 1.82) is 0 Å². The van der Waals surface area contributed by atoms with E-state index in [1.54, 1.807) is 19.1 Å². The van der Waals surface area contributed by atoms with Crippen LogP contribution in [0.25, 0.3) is 0 Å². The van der Waals surface area contributed by atoms with Crippen LogP contribution >= 0.6 is 15.9 Å². The summed E-state index contributed by atoms with van der Waals surface area (Å²) in [6.45, 7) is 3.71. The van der Waals surface area contributed by atoms with Gasteiger partial charge in [0, 0.05) is 15.6 Å². The topological polar surface area (TPSA) is 52.4 Å². The van der Waals surface area contributed by atoms with E-state index in [1.165, 1.54) is 18.2 Å². The number of rotatable bonds is 4. The molecule has 0 saturated heterocycles. The van der Waals surface area contributed by atoms with Gasteiger partial charge in [-0.25, -0.2) is 4.39 Å². The summed E-state index contributed by atoms with van der Waals surface area (Å²) in [4.78, 5) is 10.5. The summed E-state index contributed by atoms with van der Waals surface area (Å²) < 4.78 is 19.2. The molecule has 0 spiro atoms. The van der Waals surface area contributed by atoms with Gasteiger partial charge < -0.3 is 4.74 Å². The average Bonchev–Trinajstić information content (AvgIpc) is 2.39. The SMILES string of the molecule is Cc1cc(C)c([N+](=O)[O-])cc1OCc1ccc(F)cc1Br. The van der Waals surface area contributed by atoms with Crippen molar-refractivity contribution in [2.45, 2.75) is 20.5 Å². The maximum Gasteiger partial charge on any atom is 0.276 e. The Hall–Kier alpha value is -1.95. The van der Waals surface area contributed by atoms with Crippen LogP contribution in [0, 0.1) is 29.8 Å². The summed E-state index contributed by atoms with van der Waals surface area (Å²) in [6, 6.07) is 7.43. The van der Waals surface area contributed by atoms with Crippen molar-refractivity contribution >= 4 is 21.6 Å². The van der Waals surface area contributed by atoms with Crippen molar-refractivity contribution in [3.05, 3.63) is 67.4 Å². The smallest absolute Gasteiger partial charge is 0.276 e. The van der Waals surface area contributed by atoms with Crippen LogP contribution in [0.1, 0.15) is 16.7 Å². The Bertz CT molecular complexity index is 704. The number of aryl methyl sites for hydroxylation is 2. The fourth-order valence-electron chi connectivity index (χ4n) is 1.97. The van der Waals surface area contributed by atoms with Gasteiger partial charge in [0.25, 0.3) is 5.69 Å². The molecule has 21 heavy (non-hydrogen) atoms. The molecule has 0 saturated carbocycles. The molecule has 0 radical (unpaired) electrons. The summed E-state index contributed by atoms with van der Waals surface area (Å²) in [7, 11) is 0. The Kier molecular flexibility index (Phi) is 4.57. The summed E-state index contributed by atoms with van der Waals surface area (Å²) >= 11 is 3.26. The van der Waals surface area contributed by atoms with Crippen LogP contribution in [-0.2, 0) is 6.61 Å². The van der Waals surface area contributed by atoms with Gasteiger partial charge in [-0.2, -0.15) is 0 Å². The molecule has 0 atom stereocenters. The van der Waals surface area contributed by atoms with E-state index in [1.807, 2.05) is 6.92 Å². The predicted molar refractivity (Wildman–Crippen MR) is 81.0 cm³/mol.